The summed E-state index contributed by atoms with van der Waals surface area (Å²) >= 11 is 1.39. The van der Waals surface area contributed by atoms with Gasteiger partial charge in [0.05, 0.1) is 16.3 Å². The molecule has 1 heterocycles. The van der Waals surface area contributed by atoms with Gasteiger partial charge in [0.2, 0.25) is 0 Å². The molecule has 3 N–H and O–H groups in total. The highest BCUT2D eigenvalue weighted by Crippen LogP contribution is 2.16. The van der Waals surface area contributed by atoms with E-state index in [1.165, 1.54) is 11.3 Å². The van der Waals surface area contributed by atoms with E-state index in [0.29, 0.717) is 18.0 Å². The third-order valence-corrected chi connectivity index (χ3v) is 2.92. The van der Waals surface area contributed by atoms with E-state index in [9.17, 15) is 4.79 Å². The SMILES string of the molecule is CC(C)(C)CNC(=O)c1ccc(C#CCN)s1. The van der Waals surface area contributed by atoms with Gasteiger partial charge in [-0.1, -0.05) is 32.6 Å². The summed E-state index contributed by atoms with van der Waals surface area (Å²) in [6.07, 6.45) is 0. The van der Waals surface area contributed by atoms with Crippen LogP contribution in [0, 0.1) is 17.3 Å². The molecule has 0 spiro atoms. The number of amides is 1. The van der Waals surface area contributed by atoms with Gasteiger partial charge >= 0.3 is 0 Å². The lowest BCUT2D eigenvalue weighted by Crippen LogP contribution is -2.31. The third-order valence-electron chi connectivity index (χ3n) is 1.92. The molecular formula is C13H18N2OS. The summed E-state index contributed by atoms with van der Waals surface area (Å²) in [4.78, 5) is 13.4. The van der Waals surface area contributed by atoms with Crippen LogP contribution in [0.4, 0.5) is 0 Å². The zero-order valence-corrected chi connectivity index (χ0v) is 11.3. The fourth-order valence-electron chi connectivity index (χ4n) is 1.10. The molecule has 0 bridgehead atoms. The van der Waals surface area contributed by atoms with Crippen molar-refractivity contribution in [1.82, 2.24) is 5.32 Å². The minimum atomic E-state index is -0.0364. The van der Waals surface area contributed by atoms with Gasteiger partial charge in [-0.25, -0.2) is 0 Å². The van der Waals surface area contributed by atoms with Crippen LogP contribution < -0.4 is 11.1 Å². The predicted molar refractivity (Wildman–Crippen MR) is 72.0 cm³/mol. The van der Waals surface area contributed by atoms with Crippen LogP contribution in [0.25, 0.3) is 0 Å². The van der Waals surface area contributed by atoms with Gasteiger partial charge in [0.15, 0.2) is 0 Å². The Hall–Kier alpha value is -1.31. The van der Waals surface area contributed by atoms with E-state index in [0.717, 1.165) is 4.88 Å². The van der Waals surface area contributed by atoms with E-state index >= 15 is 0 Å². The Bertz CT molecular complexity index is 446. The second-order valence-corrected chi connectivity index (χ2v) is 6.00. The Balaban J connectivity index is 2.61. The zero-order chi connectivity index (χ0) is 12.9. The third kappa shape index (κ3) is 5.03. The minimum absolute atomic E-state index is 0.0364. The van der Waals surface area contributed by atoms with Crippen LogP contribution in [-0.2, 0) is 0 Å². The summed E-state index contributed by atoms with van der Waals surface area (Å²) in [5.41, 5.74) is 5.38. The van der Waals surface area contributed by atoms with Crippen LogP contribution in [0.2, 0.25) is 0 Å². The number of carbonyl (C=O) groups is 1. The van der Waals surface area contributed by atoms with Gasteiger partial charge in [-0.3, -0.25) is 4.79 Å². The maximum Gasteiger partial charge on any atom is 0.261 e. The average molecular weight is 250 g/mol. The molecule has 0 aliphatic rings. The number of carbonyl (C=O) groups excluding carboxylic acids is 1. The van der Waals surface area contributed by atoms with Crippen molar-refractivity contribution < 1.29 is 4.79 Å². The molecule has 3 nitrogen and oxygen atoms in total. The van der Waals surface area contributed by atoms with Crippen LogP contribution >= 0.6 is 11.3 Å². The van der Waals surface area contributed by atoms with Gasteiger partial charge in [-0.15, -0.1) is 11.3 Å². The molecule has 0 radical (unpaired) electrons. The molecule has 0 aliphatic carbocycles. The Morgan fingerprint density at radius 2 is 2.18 bits per heavy atom. The molecule has 0 aromatic carbocycles. The highest BCUT2D eigenvalue weighted by molar-refractivity contribution is 7.14. The van der Waals surface area contributed by atoms with Crippen molar-refractivity contribution in [1.29, 1.82) is 0 Å². The van der Waals surface area contributed by atoms with Crippen molar-refractivity contribution in [3.63, 3.8) is 0 Å². The summed E-state index contributed by atoms with van der Waals surface area (Å²) in [6.45, 7) is 7.25. The van der Waals surface area contributed by atoms with E-state index in [1.807, 2.05) is 6.07 Å². The first-order chi connectivity index (χ1) is 7.92. The standard InChI is InChI=1S/C13H18N2OS/c1-13(2,3)9-15-12(16)11-7-6-10(17-11)5-4-8-14/h6-7H,8-9,14H2,1-3H3,(H,15,16). The van der Waals surface area contributed by atoms with E-state index in [-0.39, 0.29) is 11.3 Å². The molecule has 1 aromatic heterocycles. The lowest BCUT2D eigenvalue weighted by molar-refractivity contribution is 0.0943. The summed E-state index contributed by atoms with van der Waals surface area (Å²) < 4.78 is 0. The predicted octanol–water partition coefficient (Wildman–Crippen LogP) is 1.83. The largest absolute Gasteiger partial charge is 0.351 e. The molecule has 1 rings (SSSR count). The lowest BCUT2D eigenvalue weighted by Gasteiger charge is -2.18. The van der Waals surface area contributed by atoms with Crippen molar-refractivity contribution in [2.24, 2.45) is 11.1 Å². The van der Waals surface area contributed by atoms with Crippen molar-refractivity contribution in [2.75, 3.05) is 13.1 Å². The molecule has 1 aromatic rings. The van der Waals surface area contributed by atoms with Crippen LogP contribution in [0.1, 0.15) is 35.3 Å². The van der Waals surface area contributed by atoms with E-state index in [1.54, 1.807) is 6.07 Å². The Kier molecular flexibility index (Phi) is 4.73. The van der Waals surface area contributed by atoms with Gasteiger partial charge in [0.1, 0.15) is 0 Å². The molecule has 0 fully saturated rings. The first-order valence-corrected chi connectivity index (χ1v) is 6.31. The van der Waals surface area contributed by atoms with E-state index < -0.39 is 0 Å². The molecule has 0 saturated heterocycles. The lowest BCUT2D eigenvalue weighted by atomic mass is 9.97. The van der Waals surface area contributed by atoms with Crippen LogP contribution in [0.3, 0.4) is 0 Å². The minimum Gasteiger partial charge on any atom is -0.351 e. The smallest absolute Gasteiger partial charge is 0.261 e. The quantitative estimate of drug-likeness (QED) is 0.787. The monoisotopic (exact) mass is 250 g/mol. The van der Waals surface area contributed by atoms with Crippen molar-refractivity contribution in [2.45, 2.75) is 20.8 Å². The molecule has 17 heavy (non-hydrogen) atoms. The molecule has 0 aliphatic heterocycles. The van der Waals surface area contributed by atoms with Gasteiger partial charge < -0.3 is 11.1 Å². The second-order valence-electron chi connectivity index (χ2n) is 4.91. The summed E-state index contributed by atoms with van der Waals surface area (Å²) in [7, 11) is 0. The molecule has 0 saturated carbocycles. The van der Waals surface area contributed by atoms with Gasteiger partial charge in [-0.2, -0.15) is 0 Å². The fraction of sp³-hybridized carbons (Fsp3) is 0.462. The highest BCUT2D eigenvalue weighted by Gasteiger charge is 2.14. The van der Waals surface area contributed by atoms with Crippen LogP contribution in [-0.4, -0.2) is 19.0 Å². The van der Waals surface area contributed by atoms with Crippen molar-refractivity contribution in [3.8, 4) is 11.8 Å². The topological polar surface area (TPSA) is 55.1 Å². The number of hydrogen-bond acceptors (Lipinski definition) is 3. The van der Waals surface area contributed by atoms with Gasteiger partial charge in [0, 0.05) is 6.54 Å². The van der Waals surface area contributed by atoms with Gasteiger partial charge in [0.25, 0.3) is 5.91 Å². The Morgan fingerprint density at radius 3 is 2.76 bits per heavy atom. The number of rotatable bonds is 2. The maximum atomic E-state index is 11.8. The first-order valence-electron chi connectivity index (χ1n) is 5.49. The average Bonchev–Trinajstić information content (AvgIpc) is 2.70. The van der Waals surface area contributed by atoms with E-state index in [2.05, 4.69) is 37.9 Å². The summed E-state index contributed by atoms with van der Waals surface area (Å²) in [5.74, 6) is 5.65. The summed E-state index contributed by atoms with van der Waals surface area (Å²) in [6, 6.07) is 3.64. The summed E-state index contributed by atoms with van der Waals surface area (Å²) in [5, 5.41) is 2.91. The fourth-order valence-corrected chi connectivity index (χ4v) is 1.89. The molecule has 4 heteroatoms. The number of nitrogens with one attached hydrogen (secondary N) is 1. The Morgan fingerprint density at radius 1 is 1.47 bits per heavy atom. The highest BCUT2D eigenvalue weighted by atomic mass is 32.1. The number of hydrogen-bond donors (Lipinski definition) is 2. The van der Waals surface area contributed by atoms with E-state index in [4.69, 9.17) is 5.73 Å². The van der Waals surface area contributed by atoms with Crippen molar-refractivity contribution >= 4 is 17.2 Å². The van der Waals surface area contributed by atoms with Crippen LogP contribution in [0.5, 0.6) is 0 Å². The number of nitrogens with two attached hydrogens (primary N) is 1. The maximum absolute atomic E-state index is 11.8. The zero-order valence-electron chi connectivity index (χ0n) is 10.5. The number of thiophene rings is 1. The first kappa shape index (κ1) is 13.8. The van der Waals surface area contributed by atoms with Crippen molar-refractivity contribution in [3.05, 3.63) is 21.9 Å². The molecule has 92 valence electrons. The molecule has 0 atom stereocenters. The Labute approximate surface area is 106 Å². The molecule has 1 amide bonds. The van der Waals surface area contributed by atoms with Gasteiger partial charge in [-0.05, 0) is 17.5 Å². The van der Waals surface area contributed by atoms with Crippen LogP contribution in [0.15, 0.2) is 12.1 Å². The molecule has 0 unspecified atom stereocenters. The second kappa shape index (κ2) is 5.85. The normalized spacial score (nSPS) is 10.6. The molecular weight excluding hydrogens is 232 g/mol.